The Bertz CT molecular complexity index is 915. The van der Waals surface area contributed by atoms with Crippen LogP contribution in [0.1, 0.15) is 47.1 Å². The van der Waals surface area contributed by atoms with Gasteiger partial charge in [0.15, 0.2) is 0 Å². The van der Waals surface area contributed by atoms with E-state index in [0.717, 1.165) is 39.7 Å². The number of hydrogen-bond acceptors (Lipinski definition) is 5. The molecule has 2 aromatic rings. The Morgan fingerprint density at radius 3 is 2.30 bits per heavy atom. The number of nitrogens with zero attached hydrogens (tertiary/aromatic N) is 1. The van der Waals surface area contributed by atoms with Gasteiger partial charge in [-0.3, -0.25) is 4.99 Å². The summed E-state index contributed by atoms with van der Waals surface area (Å²) < 4.78 is 23.7. The van der Waals surface area contributed by atoms with E-state index in [4.69, 9.17) is 23.9 Å². The topological polar surface area (TPSA) is 49.3 Å². The van der Waals surface area contributed by atoms with Gasteiger partial charge in [-0.15, -0.1) is 0 Å². The molecule has 5 heteroatoms. The Morgan fingerprint density at radius 1 is 0.933 bits per heavy atom. The average Bonchev–Trinajstić information content (AvgIpc) is 2.66. The summed E-state index contributed by atoms with van der Waals surface area (Å²) in [7, 11) is 1.67. The van der Waals surface area contributed by atoms with E-state index in [9.17, 15) is 0 Å². The Labute approximate surface area is 180 Å². The smallest absolute Gasteiger partial charge is 0.130 e. The van der Waals surface area contributed by atoms with Gasteiger partial charge in [-0.2, -0.15) is 0 Å². The quantitative estimate of drug-likeness (QED) is 0.601. The molecular formula is C25H33NO4. The molecule has 0 radical (unpaired) electrons. The van der Waals surface area contributed by atoms with E-state index in [-0.39, 0.29) is 17.7 Å². The molecular weight excluding hydrogens is 378 g/mol. The molecule has 2 aromatic carbocycles. The van der Waals surface area contributed by atoms with Crippen molar-refractivity contribution in [1.82, 2.24) is 0 Å². The summed E-state index contributed by atoms with van der Waals surface area (Å²) in [6.45, 7) is 13.3. The first-order valence-corrected chi connectivity index (χ1v) is 10.5. The molecule has 0 saturated carbocycles. The van der Waals surface area contributed by atoms with Crippen molar-refractivity contribution in [3.8, 4) is 28.4 Å². The number of hydrogen-bond donors (Lipinski definition) is 0. The number of methoxy groups -OCH3 is 1. The third-order valence-electron chi connectivity index (χ3n) is 4.65. The van der Waals surface area contributed by atoms with Crippen LogP contribution >= 0.6 is 0 Å². The summed E-state index contributed by atoms with van der Waals surface area (Å²) in [6, 6.07) is 12.0. The Hall–Kier alpha value is -2.53. The maximum absolute atomic E-state index is 6.19. The molecule has 1 heterocycles. The van der Waals surface area contributed by atoms with Crippen LogP contribution in [0.4, 0.5) is 0 Å². The molecule has 0 aliphatic carbocycles. The zero-order chi connectivity index (χ0) is 21.9. The molecule has 0 amide bonds. The number of rotatable bonds is 7. The van der Waals surface area contributed by atoms with Crippen molar-refractivity contribution in [2.45, 2.75) is 59.3 Å². The predicted molar refractivity (Wildman–Crippen MR) is 121 cm³/mol. The molecule has 0 atom stereocenters. The highest BCUT2D eigenvalue weighted by Gasteiger charge is 2.27. The van der Waals surface area contributed by atoms with E-state index in [1.165, 1.54) is 0 Å². The van der Waals surface area contributed by atoms with Crippen LogP contribution in [-0.2, 0) is 4.74 Å². The number of benzene rings is 2. The van der Waals surface area contributed by atoms with Gasteiger partial charge in [0.1, 0.15) is 17.2 Å². The first-order valence-electron chi connectivity index (χ1n) is 10.5. The van der Waals surface area contributed by atoms with Gasteiger partial charge in [-0.25, -0.2) is 0 Å². The van der Waals surface area contributed by atoms with E-state index in [1.807, 2.05) is 58.0 Å². The van der Waals surface area contributed by atoms with E-state index in [0.29, 0.717) is 13.2 Å². The maximum atomic E-state index is 6.19. The van der Waals surface area contributed by atoms with Gasteiger partial charge in [0.2, 0.25) is 0 Å². The highest BCUT2D eigenvalue weighted by molar-refractivity contribution is 6.09. The summed E-state index contributed by atoms with van der Waals surface area (Å²) in [6.07, 6.45) is 0.123. The molecule has 0 fully saturated rings. The molecule has 0 aromatic heterocycles. The minimum atomic E-state index is -0.265. The van der Waals surface area contributed by atoms with Crippen molar-refractivity contribution in [3.63, 3.8) is 0 Å². The number of ether oxygens (including phenoxy) is 4. The lowest BCUT2D eigenvalue weighted by molar-refractivity contribution is 0.115. The molecule has 0 spiro atoms. The third-order valence-corrected chi connectivity index (χ3v) is 4.65. The predicted octanol–water partition coefficient (Wildman–Crippen LogP) is 5.53. The molecule has 0 N–H and O–H groups in total. The van der Waals surface area contributed by atoms with Gasteiger partial charge in [-0.1, -0.05) is 12.1 Å². The van der Waals surface area contributed by atoms with Gasteiger partial charge in [0, 0.05) is 22.8 Å². The SMILES string of the molecule is COc1cc(OC(C)C)ccc1-c1c(OC(C)C)cccc1C1=NC(C)(C)COC1. The fourth-order valence-electron chi connectivity index (χ4n) is 3.59. The second-order valence-electron chi connectivity index (χ2n) is 8.74. The summed E-state index contributed by atoms with van der Waals surface area (Å²) in [5, 5.41) is 0. The van der Waals surface area contributed by atoms with E-state index >= 15 is 0 Å². The van der Waals surface area contributed by atoms with Gasteiger partial charge in [-0.05, 0) is 59.7 Å². The first kappa shape index (κ1) is 22.2. The lowest BCUT2D eigenvalue weighted by Gasteiger charge is -2.28. The zero-order valence-corrected chi connectivity index (χ0v) is 19.1. The Morgan fingerprint density at radius 2 is 1.67 bits per heavy atom. The van der Waals surface area contributed by atoms with Crippen molar-refractivity contribution >= 4 is 5.71 Å². The molecule has 3 rings (SSSR count). The van der Waals surface area contributed by atoms with Crippen molar-refractivity contribution < 1.29 is 18.9 Å². The maximum Gasteiger partial charge on any atom is 0.130 e. The van der Waals surface area contributed by atoms with Crippen LogP contribution < -0.4 is 14.2 Å². The van der Waals surface area contributed by atoms with Crippen molar-refractivity contribution in [2.24, 2.45) is 4.99 Å². The van der Waals surface area contributed by atoms with Crippen LogP contribution in [0.5, 0.6) is 17.2 Å². The van der Waals surface area contributed by atoms with E-state index in [2.05, 4.69) is 19.9 Å². The zero-order valence-electron chi connectivity index (χ0n) is 19.1. The summed E-state index contributed by atoms with van der Waals surface area (Å²) in [5.41, 5.74) is 3.54. The van der Waals surface area contributed by atoms with Crippen molar-refractivity contribution in [3.05, 3.63) is 42.0 Å². The van der Waals surface area contributed by atoms with Crippen molar-refractivity contribution in [2.75, 3.05) is 20.3 Å². The lowest BCUT2D eigenvalue weighted by atomic mass is 9.93. The van der Waals surface area contributed by atoms with Gasteiger partial charge < -0.3 is 18.9 Å². The summed E-state index contributed by atoms with van der Waals surface area (Å²) in [4.78, 5) is 4.97. The fraction of sp³-hybridized carbons (Fsp3) is 0.480. The van der Waals surface area contributed by atoms with Crippen LogP contribution in [-0.4, -0.2) is 43.8 Å². The van der Waals surface area contributed by atoms with Crippen LogP contribution in [0.15, 0.2) is 41.4 Å². The molecule has 30 heavy (non-hydrogen) atoms. The Balaban J connectivity index is 2.20. The average molecular weight is 412 g/mol. The van der Waals surface area contributed by atoms with Crippen LogP contribution in [0.25, 0.3) is 11.1 Å². The first-order chi connectivity index (χ1) is 14.2. The minimum absolute atomic E-state index is 0.0366. The molecule has 162 valence electrons. The normalized spacial score (nSPS) is 15.8. The van der Waals surface area contributed by atoms with Crippen LogP contribution in [0.3, 0.4) is 0 Å². The fourth-order valence-corrected chi connectivity index (χ4v) is 3.59. The second kappa shape index (κ2) is 9.09. The molecule has 0 unspecified atom stereocenters. The Kier molecular flexibility index (Phi) is 6.71. The number of aliphatic imine (C=N–C) groups is 1. The van der Waals surface area contributed by atoms with Crippen LogP contribution in [0.2, 0.25) is 0 Å². The second-order valence-corrected chi connectivity index (χ2v) is 8.74. The van der Waals surface area contributed by atoms with E-state index in [1.54, 1.807) is 7.11 Å². The van der Waals surface area contributed by atoms with Gasteiger partial charge in [0.05, 0.1) is 43.8 Å². The third kappa shape index (κ3) is 5.14. The summed E-state index contributed by atoms with van der Waals surface area (Å²) in [5.74, 6) is 2.30. The standard InChI is InChI=1S/C25H33NO4/c1-16(2)29-18-11-12-20(23(13-18)27-7)24-19(9-8-10-22(24)30-17(3)4)21-14-28-15-25(5,6)26-21/h8-13,16-17H,14-15H2,1-7H3. The molecule has 1 aliphatic heterocycles. The molecule has 0 saturated heterocycles. The lowest BCUT2D eigenvalue weighted by Crippen LogP contribution is -2.34. The highest BCUT2D eigenvalue weighted by atomic mass is 16.5. The molecule has 5 nitrogen and oxygen atoms in total. The molecule has 1 aliphatic rings. The summed E-state index contributed by atoms with van der Waals surface area (Å²) >= 11 is 0. The minimum Gasteiger partial charge on any atom is -0.496 e. The molecule has 0 bridgehead atoms. The van der Waals surface area contributed by atoms with E-state index < -0.39 is 0 Å². The largest absolute Gasteiger partial charge is 0.496 e. The van der Waals surface area contributed by atoms with Crippen molar-refractivity contribution in [1.29, 1.82) is 0 Å². The monoisotopic (exact) mass is 411 g/mol. The highest BCUT2D eigenvalue weighted by Crippen LogP contribution is 2.42. The van der Waals surface area contributed by atoms with Gasteiger partial charge in [0.25, 0.3) is 0 Å². The van der Waals surface area contributed by atoms with Gasteiger partial charge >= 0.3 is 0 Å². The van der Waals surface area contributed by atoms with Crippen LogP contribution in [0, 0.1) is 0 Å².